The number of amides is 1. The number of carbonyl (C=O) groups is 1. The molecule has 2 aromatic heterocycles. The van der Waals surface area contributed by atoms with Gasteiger partial charge in [0.2, 0.25) is 5.91 Å². The molecular weight excluding hydrogens is 362 g/mol. The number of benzene rings is 1. The molecule has 1 atom stereocenters. The molecule has 1 fully saturated rings. The summed E-state index contributed by atoms with van der Waals surface area (Å²) in [6, 6.07) is 9.78. The normalized spacial score (nSPS) is 17.3. The van der Waals surface area contributed by atoms with Crippen molar-refractivity contribution in [1.29, 1.82) is 0 Å². The van der Waals surface area contributed by atoms with Gasteiger partial charge in [-0.3, -0.25) is 4.79 Å². The number of fused-ring (bicyclic) bond motifs is 1. The van der Waals surface area contributed by atoms with Gasteiger partial charge in [-0.1, -0.05) is 18.2 Å². The fourth-order valence-electron chi connectivity index (χ4n) is 3.52. The van der Waals surface area contributed by atoms with Gasteiger partial charge in [-0.05, 0) is 60.0 Å². The highest BCUT2D eigenvalue weighted by Crippen LogP contribution is 2.32. The maximum absolute atomic E-state index is 12.2. The number of ether oxygens (including phenoxy) is 1. The van der Waals surface area contributed by atoms with Gasteiger partial charge < -0.3 is 14.0 Å². The summed E-state index contributed by atoms with van der Waals surface area (Å²) in [6.45, 7) is 7.09. The van der Waals surface area contributed by atoms with Crippen LogP contribution in [0.5, 0.6) is 0 Å². The first-order valence-electron chi connectivity index (χ1n) is 8.82. The lowest BCUT2D eigenvalue weighted by atomic mass is 9.98. The first-order chi connectivity index (χ1) is 13.0. The van der Waals surface area contributed by atoms with E-state index in [0.29, 0.717) is 24.8 Å². The summed E-state index contributed by atoms with van der Waals surface area (Å²) in [6.07, 6.45) is 5.32. The molecular formula is C21H20ClN3O2. The van der Waals surface area contributed by atoms with Crippen LogP contribution in [0.4, 0.5) is 0 Å². The summed E-state index contributed by atoms with van der Waals surface area (Å²) in [7, 11) is 0. The Labute approximate surface area is 162 Å². The second kappa shape index (κ2) is 7.18. The van der Waals surface area contributed by atoms with Gasteiger partial charge in [0.25, 0.3) is 0 Å². The van der Waals surface area contributed by atoms with E-state index in [9.17, 15) is 4.79 Å². The van der Waals surface area contributed by atoms with Crippen LogP contribution in [0.25, 0.3) is 16.8 Å². The molecule has 0 N–H and O–H groups in total. The fourth-order valence-corrected chi connectivity index (χ4v) is 3.76. The molecule has 1 aromatic carbocycles. The van der Waals surface area contributed by atoms with Gasteiger partial charge in [-0.15, -0.1) is 0 Å². The van der Waals surface area contributed by atoms with Gasteiger partial charge in [0.1, 0.15) is 5.65 Å². The van der Waals surface area contributed by atoms with Crippen molar-refractivity contribution < 1.29 is 9.53 Å². The molecule has 0 saturated carbocycles. The summed E-state index contributed by atoms with van der Waals surface area (Å²) in [5, 5.41) is 0.624. The summed E-state index contributed by atoms with van der Waals surface area (Å²) in [5.74, 6) is -0.0981. The molecule has 1 unspecified atom stereocenters. The second-order valence-electron chi connectivity index (χ2n) is 6.66. The van der Waals surface area contributed by atoms with Crippen molar-refractivity contribution in [3.8, 4) is 11.1 Å². The Morgan fingerprint density at radius 2 is 2.19 bits per heavy atom. The molecule has 3 aromatic rings. The van der Waals surface area contributed by atoms with Gasteiger partial charge in [0.05, 0.1) is 24.9 Å². The fraction of sp³-hybridized carbons (Fsp3) is 0.238. The monoisotopic (exact) mass is 381 g/mol. The lowest BCUT2D eigenvalue weighted by molar-refractivity contribution is -0.134. The third-order valence-corrected chi connectivity index (χ3v) is 5.02. The topological polar surface area (TPSA) is 46.8 Å². The van der Waals surface area contributed by atoms with Crippen LogP contribution in [0.1, 0.15) is 17.3 Å². The van der Waals surface area contributed by atoms with E-state index >= 15 is 0 Å². The summed E-state index contributed by atoms with van der Waals surface area (Å²) < 4.78 is 7.61. The first-order valence-corrected chi connectivity index (χ1v) is 9.20. The quantitative estimate of drug-likeness (QED) is 0.643. The van der Waals surface area contributed by atoms with Crippen molar-refractivity contribution in [3.05, 3.63) is 71.7 Å². The molecule has 0 spiro atoms. The van der Waals surface area contributed by atoms with Gasteiger partial charge >= 0.3 is 0 Å². The minimum absolute atomic E-state index is 0.0981. The molecule has 0 aliphatic carbocycles. The standard InChI is InChI=1S/C21H20ClN3O2/c1-3-21(26)25-6-7-27-13-19(25)17-8-16(9-18(22)10-17)15-4-5-24-12-14(2)23-20(24)11-15/h3-5,8-12,19H,1,6-7,13H2,2H3. The first kappa shape index (κ1) is 17.8. The molecule has 6 heteroatoms. The highest BCUT2D eigenvalue weighted by Gasteiger charge is 2.27. The SMILES string of the molecule is C=CC(=O)N1CCOCC1c1cc(Cl)cc(-c2ccn3cc(C)nc3c2)c1. The third kappa shape index (κ3) is 3.48. The van der Waals surface area contributed by atoms with Crippen LogP contribution in [0, 0.1) is 6.92 Å². The number of aryl methyl sites for hydroxylation is 1. The Kier molecular flexibility index (Phi) is 4.72. The highest BCUT2D eigenvalue weighted by atomic mass is 35.5. The zero-order valence-corrected chi connectivity index (χ0v) is 15.8. The average molecular weight is 382 g/mol. The smallest absolute Gasteiger partial charge is 0.246 e. The van der Waals surface area contributed by atoms with E-state index in [1.165, 1.54) is 6.08 Å². The lowest BCUT2D eigenvalue weighted by Crippen LogP contribution is -2.42. The van der Waals surface area contributed by atoms with Crippen molar-refractivity contribution >= 4 is 23.2 Å². The number of hydrogen-bond donors (Lipinski definition) is 0. The number of halogens is 1. The molecule has 4 rings (SSSR count). The number of rotatable bonds is 3. The minimum Gasteiger partial charge on any atom is -0.377 e. The van der Waals surface area contributed by atoms with Crippen LogP contribution in [-0.2, 0) is 9.53 Å². The van der Waals surface area contributed by atoms with Gasteiger partial charge in [0.15, 0.2) is 0 Å². The van der Waals surface area contributed by atoms with Crippen molar-refractivity contribution in [2.75, 3.05) is 19.8 Å². The van der Waals surface area contributed by atoms with Crippen LogP contribution in [0.3, 0.4) is 0 Å². The Morgan fingerprint density at radius 3 is 3.00 bits per heavy atom. The predicted molar refractivity (Wildman–Crippen MR) is 106 cm³/mol. The number of pyridine rings is 1. The van der Waals surface area contributed by atoms with E-state index in [1.807, 2.05) is 48.0 Å². The second-order valence-corrected chi connectivity index (χ2v) is 7.10. The molecule has 1 aliphatic heterocycles. The Morgan fingerprint density at radius 1 is 1.33 bits per heavy atom. The van der Waals surface area contributed by atoms with Gasteiger partial charge in [0, 0.05) is 24.0 Å². The Hall–Kier alpha value is -2.63. The molecule has 27 heavy (non-hydrogen) atoms. The maximum Gasteiger partial charge on any atom is 0.246 e. The third-order valence-electron chi connectivity index (χ3n) is 4.81. The van der Waals surface area contributed by atoms with E-state index in [0.717, 1.165) is 28.0 Å². The average Bonchev–Trinajstić information content (AvgIpc) is 3.06. The zero-order valence-electron chi connectivity index (χ0n) is 15.1. The number of hydrogen-bond acceptors (Lipinski definition) is 3. The molecule has 3 heterocycles. The minimum atomic E-state index is -0.181. The molecule has 0 radical (unpaired) electrons. The summed E-state index contributed by atoms with van der Waals surface area (Å²) in [5.41, 5.74) is 4.81. The van der Waals surface area contributed by atoms with Crippen molar-refractivity contribution in [2.24, 2.45) is 0 Å². The van der Waals surface area contributed by atoms with Crippen molar-refractivity contribution in [3.63, 3.8) is 0 Å². The summed E-state index contributed by atoms with van der Waals surface area (Å²) >= 11 is 6.42. The van der Waals surface area contributed by atoms with Gasteiger partial charge in [-0.2, -0.15) is 0 Å². The molecule has 1 aliphatic rings. The van der Waals surface area contributed by atoms with Crippen molar-refractivity contribution in [1.82, 2.24) is 14.3 Å². The number of aromatic nitrogens is 2. The van der Waals surface area contributed by atoms with E-state index in [2.05, 4.69) is 17.6 Å². The van der Waals surface area contributed by atoms with Gasteiger partial charge in [-0.25, -0.2) is 4.98 Å². The van der Waals surface area contributed by atoms with Crippen LogP contribution in [0.2, 0.25) is 5.02 Å². The number of morpholine rings is 1. The lowest BCUT2D eigenvalue weighted by Gasteiger charge is -2.35. The van der Waals surface area contributed by atoms with Crippen LogP contribution in [-0.4, -0.2) is 40.0 Å². The molecule has 5 nitrogen and oxygen atoms in total. The van der Waals surface area contributed by atoms with E-state index in [1.54, 1.807) is 4.90 Å². The Balaban J connectivity index is 1.75. The largest absolute Gasteiger partial charge is 0.377 e. The number of nitrogens with zero attached hydrogens (tertiary/aromatic N) is 3. The molecule has 1 saturated heterocycles. The molecule has 138 valence electrons. The summed E-state index contributed by atoms with van der Waals surface area (Å²) in [4.78, 5) is 18.6. The van der Waals surface area contributed by atoms with Crippen molar-refractivity contribution in [2.45, 2.75) is 13.0 Å². The maximum atomic E-state index is 12.2. The van der Waals surface area contributed by atoms with E-state index < -0.39 is 0 Å². The van der Waals surface area contributed by atoms with Crippen LogP contribution in [0.15, 0.2) is 55.4 Å². The van der Waals surface area contributed by atoms with E-state index in [4.69, 9.17) is 16.3 Å². The molecule has 1 amide bonds. The van der Waals surface area contributed by atoms with Crippen LogP contribution >= 0.6 is 11.6 Å². The number of imidazole rings is 1. The highest BCUT2D eigenvalue weighted by molar-refractivity contribution is 6.31. The molecule has 0 bridgehead atoms. The zero-order chi connectivity index (χ0) is 19.0. The number of carbonyl (C=O) groups excluding carboxylic acids is 1. The van der Waals surface area contributed by atoms with Crippen LogP contribution < -0.4 is 0 Å². The Bertz CT molecular complexity index is 1030. The van der Waals surface area contributed by atoms with E-state index in [-0.39, 0.29) is 11.9 Å². The predicted octanol–water partition coefficient (Wildman–Crippen LogP) is 4.05.